The van der Waals surface area contributed by atoms with Crippen molar-refractivity contribution < 1.29 is 0 Å². The summed E-state index contributed by atoms with van der Waals surface area (Å²) in [7, 11) is 0. The van der Waals surface area contributed by atoms with E-state index < -0.39 is 0 Å². The van der Waals surface area contributed by atoms with Gasteiger partial charge in [-0.25, -0.2) is 0 Å². The van der Waals surface area contributed by atoms with Gasteiger partial charge in [-0.05, 0) is 31.1 Å². The van der Waals surface area contributed by atoms with E-state index in [0.29, 0.717) is 5.41 Å². The van der Waals surface area contributed by atoms with Crippen LogP contribution in [0.25, 0.3) is 0 Å². The van der Waals surface area contributed by atoms with Crippen molar-refractivity contribution in [2.45, 2.75) is 63.8 Å². The summed E-state index contributed by atoms with van der Waals surface area (Å²) in [5, 5.41) is 4.72. The maximum atomic E-state index is 3.84. The van der Waals surface area contributed by atoms with Gasteiger partial charge in [0.05, 0.1) is 0 Å². The van der Waals surface area contributed by atoms with Gasteiger partial charge in [0.25, 0.3) is 0 Å². The van der Waals surface area contributed by atoms with E-state index in [9.17, 15) is 0 Å². The highest BCUT2D eigenvalue weighted by Crippen LogP contribution is 2.38. The zero-order valence-corrected chi connectivity index (χ0v) is 10.5. The van der Waals surface area contributed by atoms with E-state index in [1.54, 1.807) is 0 Å². The van der Waals surface area contributed by atoms with Crippen LogP contribution >= 0.6 is 11.8 Å². The molecular formula is C12H23NS. The third kappa shape index (κ3) is 2.66. The minimum atomic E-state index is 0.592. The first kappa shape index (κ1) is 10.8. The first-order valence-electron chi connectivity index (χ1n) is 5.93. The third-order valence-electron chi connectivity index (χ3n) is 3.64. The molecule has 0 aromatic rings. The molecule has 82 valence electrons. The lowest BCUT2D eigenvalue weighted by Crippen LogP contribution is -2.37. The van der Waals surface area contributed by atoms with Gasteiger partial charge < -0.3 is 5.32 Å². The van der Waals surface area contributed by atoms with Gasteiger partial charge in [0.15, 0.2) is 0 Å². The average Bonchev–Trinajstić information content (AvgIpc) is 2.59. The van der Waals surface area contributed by atoms with Crippen LogP contribution < -0.4 is 5.32 Å². The number of hydrogen-bond acceptors (Lipinski definition) is 2. The molecule has 0 bridgehead atoms. The van der Waals surface area contributed by atoms with Gasteiger partial charge in [0.1, 0.15) is 0 Å². The zero-order valence-electron chi connectivity index (χ0n) is 9.68. The highest BCUT2D eigenvalue weighted by Gasteiger charge is 2.33. The van der Waals surface area contributed by atoms with Crippen LogP contribution in [-0.2, 0) is 0 Å². The standard InChI is InChI=1S/C12H23NS/c1-9-6-11(8-14-9)13-10-4-5-12(2,3)7-10/h9-11,13H,4-8H2,1-3H3. The monoisotopic (exact) mass is 213 g/mol. The molecule has 1 N–H and O–H groups in total. The Kier molecular flexibility index (Phi) is 3.13. The number of hydrogen-bond donors (Lipinski definition) is 1. The minimum Gasteiger partial charge on any atom is -0.310 e. The molecule has 1 aliphatic heterocycles. The molecule has 3 atom stereocenters. The molecule has 14 heavy (non-hydrogen) atoms. The molecule has 1 heterocycles. The molecular weight excluding hydrogens is 190 g/mol. The van der Waals surface area contributed by atoms with Crippen LogP contribution in [0.15, 0.2) is 0 Å². The summed E-state index contributed by atoms with van der Waals surface area (Å²) in [6.07, 6.45) is 5.55. The Balaban J connectivity index is 1.76. The summed E-state index contributed by atoms with van der Waals surface area (Å²) in [5.41, 5.74) is 0.592. The van der Waals surface area contributed by atoms with Crippen molar-refractivity contribution in [1.29, 1.82) is 0 Å². The fourth-order valence-electron chi connectivity index (χ4n) is 2.85. The van der Waals surface area contributed by atoms with Gasteiger partial charge in [-0.15, -0.1) is 0 Å². The molecule has 1 nitrogen and oxygen atoms in total. The van der Waals surface area contributed by atoms with E-state index in [-0.39, 0.29) is 0 Å². The summed E-state index contributed by atoms with van der Waals surface area (Å²) < 4.78 is 0. The molecule has 0 spiro atoms. The van der Waals surface area contributed by atoms with Crippen molar-refractivity contribution in [2.75, 3.05) is 5.75 Å². The van der Waals surface area contributed by atoms with E-state index in [2.05, 4.69) is 37.8 Å². The van der Waals surface area contributed by atoms with Crippen molar-refractivity contribution >= 4 is 11.8 Å². The molecule has 1 aliphatic carbocycles. The molecule has 0 amide bonds. The first-order chi connectivity index (χ1) is 6.55. The normalized spacial score (nSPS) is 41.8. The highest BCUT2D eigenvalue weighted by atomic mass is 32.2. The number of rotatable bonds is 2. The summed E-state index contributed by atoms with van der Waals surface area (Å²) >= 11 is 2.13. The molecule has 3 unspecified atom stereocenters. The molecule has 0 radical (unpaired) electrons. The van der Waals surface area contributed by atoms with Gasteiger partial charge in [-0.1, -0.05) is 20.8 Å². The summed E-state index contributed by atoms with van der Waals surface area (Å²) in [6, 6.07) is 1.61. The van der Waals surface area contributed by atoms with Crippen molar-refractivity contribution in [1.82, 2.24) is 5.32 Å². The Labute approximate surface area is 92.4 Å². The fraction of sp³-hybridized carbons (Fsp3) is 1.00. The Hall–Kier alpha value is 0.310. The third-order valence-corrected chi connectivity index (χ3v) is 4.99. The molecule has 2 heteroatoms. The average molecular weight is 213 g/mol. The van der Waals surface area contributed by atoms with Crippen LogP contribution in [0.5, 0.6) is 0 Å². The van der Waals surface area contributed by atoms with Gasteiger partial charge in [-0.3, -0.25) is 0 Å². The second-order valence-corrected chi connectivity index (χ2v) is 7.32. The first-order valence-corrected chi connectivity index (χ1v) is 6.98. The van der Waals surface area contributed by atoms with Crippen molar-refractivity contribution in [3.05, 3.63) is 0 Å². The lowest BCUT2D eigenvalue weighted by atomic mass is 9.92. The Morgan fingerprint density at radius 2 is 2.07 bits per heavy atom. The smallest absolute Gasteiger partial charge is 0.0171 e. The van der Waals surface area contributed by atoms with Gasteiger partial charge >= 0.3 is 0 Å². The van der Waals surface area contributed by atoms with Crippen LogP contribution in [0, 0.1) is 5.41 Å². The van der Waals surface area contributed by atoms with Gasteiger partial charge in [0.2, 0.25) is 0 Å². The Morgan fingerprint density at radius 1 is 1.29 bits per heavy atom. The summed E-state index contributed by atoms with van der Waals surface area (Å²) in [6.45, 7) is 7.16. The molecule has 1 saturated heterocycles. The van der Waals surface area contributed by atoms with E-state index >= 15 is 0 Å². The van der Waals surface area contributed by atoms with E-state index in [1.807, 2.05) is 0 Å². The highest BCUT2D eigenvalue weighted by molar-refractivity contribution is 8.00. The zero-order chi connectivity index (χ0) is 10.2. The number of thioether (sulfide) groups is 1. The Bertz CT molecular complexity index is 202. The van der Waals surface area contributed by atoms with Crippen LogP contribution in [0.1, 0.15) is 46.5 Å². The van der Waals surface area contributed by atoms with Crippen LogP contribution in [0.3, 0.4) is 0 Å². The SMILES string of the molecule is CC1CC(NC2CCC(C)(C)C2)CS1. The minimum absolute atomic E-state index is 0.592. The van der Waals surface area contributed by atoms with E-state index in [0.717, 1.165) is 17.3 Å². The molecule has 0 aromatic carbocycles. The molecule has 0 aromatic heterocycles. The second kappa shape index (κ2) is 4.05. The maximum Gasteiger partial charge on any atom is 0.0171 e. The second-order valence-electron chi connectivity index (χ2n) is 5.85. The number of nitrogens with one attached hydrogen (secondary N) is 1. The van der Waals surface area contributed by atoms with Crippen LogP contribution in [0.4, 0.5) is 0 Å². The van der Waals surface area contributed by atoms with Crippen molar-refractivity contribution in [3.63, 3.8) is 0 Å². The van der Waals surface area contributed by atoms with Crippen molar-refractivity contribution in [2.24, 2.45) is 5.41 Å². The van der Waals surface area contributed by atoms with Crippen LogP contribution in [-0.4, -0.2) is 23.1 Å². The summed E-state index contributed by atoms with van der Waals surface area (Å²) in [4.78, 5) is 0. The maximum absolute atomic E-state index is 3.84. The lowest BCUT2D eigenvalue weighted by molar-refractivity contribution is 0.354. The molecule has 2 rings (SSSR count). The van der Waals surface area contributed by atoms with Gasteiger partial charge in [-0.2, -0.15) is 11.8 Å². The van der Waals surface area contributed by atoms with Crippen molar-refractivity contribution in [3.8, 4) is 0 Å². The predicted octanol–water partition coefficient (Wildman–Crippen LogP) is 3.05. The van der Waals surface area contributed by atoms with E-state index in [4.69, 9.17) is 0 Å². The topological polar surface area (TPSA) is 12.0 Å². The Morgan fingerprint density at radius 3 is 2.57 bits per heavy atom. The largest absolute Gasteiger partial charge is 0.310 e. The predicted molar refractivity (Wildman–Crippen MR) is 64.9 cm³/mol. The van der Waals surface area contributed by atoms with E-state index in [1.165, 1.54) is 31.4 Å². The molecule has 2 fully saturated rings. The lowest BCUT2D eigenvalue weighted by Gasteiger charge is -2.20. The van der Waals surface area contributed by atoms with Crippen LogP contribution in [0.2, 0.25) is 0 Å². The quantitative estimate of drug-likeness (QED) is 0.756. The molecule has 1 saturated carbocycles. The fourth-order valence-corrected chi connectivity index (χ4v) is 4.01. The summed E-state index contributed by atoms with van der Waals surface area (Å²) in [5.74, 6) is 1.33. The molecule has 2 aliphatic rings. The van der Waals surface area contributed by atoms with Gasteiger partial charge in [0, 0.05) is 23.1 Å².